The molecule has 0 radical (unpaired) electrons. The number of unbranched alkanes of at least 4 members (excludes halogenated alkanes) is 1. The van der Waals surface area contributed by atoms with Gasteiger partial charge in [-0.1, -0.05) is 40.9 Å². The van der Waals surface area contributed by atoms with Crippen LogP contribution in [0.3, 0.4) is 0 Å². The molecule has 0 spiro atoms. The molecule has 0 saturated carbocycles. The van der Waals surface area contributed by atoms with Crippen molar-refractivity contribution in [2.24, 2.45) is 5.41 Å². The Morgan fingerprint density at radius 3 is 2.58 bits per heavy atom. The smallest absolute Gasteiger partial charge is 0.311 e. The van der Waals surface area contributed by atoms with Gasteiger partial charge in [-0.25, -0.2) is 5.43 Å². The first-order valence-electron chi connectivity index (χ1n) is 8.12. The second-order valence-electron chi connectivity index (χ2n) is 6.47. The monoisotopic (exact) mass is 398 g/mol. The van der Waals surface area contributed by atoms with E-state index in [1.165, 1.54) is 7.11 Å². The van der Waals surface area contributed by atoms with Crippen molar-refractivity contribution in [3.8, 4) is 0 Å². The van der Waals surface area contributed by atoms with Crippen molar-refractivity contribution >= 4 is 27.8 Å². The van der Waals surface area contributed by atoms with Crippen LogP contribution in [0.15, 0.2) is 28.7 Å². The Bertz CT molecular complexity index is 561. The lowest BCUT2D eigenvalue weighted by Crippen LogP contribution is -2.38. The molecule has 1 atom stereocenters. The summed E-state index contributed by atoms with van der Waals surface area (Å²) in [5.74, 6) is -0.474. The molecule has 0 aliphatic rings. The third-order valence-corrected chi connectivity index (χ3v) is 4.59. The molecule has 2 N–H and O–H groups in total. The Kier molecular flexibility index (Phi) is 8.42. The lowest BCUT2D eigenvalue weighted by molar-refractivity contribution is -0.151. The van der Waals surface area contributed by atoms with Crippen molar-refractivity contribution in [3.05, 3.63) is 34.3 Å². The van der Waals surface area contributed by atoms with Gasteiger partial charge in [0.25, 0.3) is 0 Å². The van der Waals surface area contributed by atoms with Crippen molar-refractivity contribution < 1.29 is 14.3 Å². The highest BCUT2D eigenvalue weighted by Gasteiger charge is 2.28. The third-order valence-electron chi connectivity index (χ3n) is 4.10. The molecule has 0 aromatic heterocycles. The van der Waals surface area contributed by atoms with E-state index in [0.29, 0.717) is 0 Å². The van der Waals surface area contributed by atoms with Crippen molar-refractivity contribution in [1.29, 1.82) is 0 Å². The maximum Gasteiger partial charge on any atom is 0.311 e. The van der Waals surface area contributed by atoms with Gasteiger partial charge in [-0.2, -0.15) is 0 Å². The molecule has 0 aliphatic heterocycles. The fourth-order valence-electron chi connectivity index (χ4n) is 2.68. The summed E-state index contributed by atoms with van der Waals surface area (Å²) in [7, 11) is 3.09. The van der Waals surface area contributed by atoms with Crippen LogP contribution < -0.4 is 10.9 Å². The molecule has 5 nitrogen and oxygen atoms in total. The summed E-state index contributed by atoms with van der Waals surface area (Å²) in [6.07, 6.45) is 3.17. The summed E-state index contributed by atoms with van der Waals surface area (Å²) in [4.78, 5) is 24.1. The van der Waals surface area contributed by atoms with Crippen molar-refractivity contribution in [1.82, 2.24) is 10.9 Å². The van der Waals surface area contributed by atoms with E-state index in [1.54, 1.807) is 7.05 Å². The third kappa shape index (κ3) is 6.24. The minimum Gasteiger partial charge on any atom is -0.469 e. The van der Waals surface area contributed by atoms with E-state index in [0.717, 1.165) is 35.7 Å². The van der Waals surface area contributed by atoms with Crippen LogP contribution in [0.25, 0.3) is 0 Å². The minimum atomic E-state index is -0.493. The SMILES string of the molecule is CNNC(=O)C(CCCCC(C)(C)C(=O)OC)c1cccc(Br)c1. The number of hydrazine groups is 1. The quantitative estimate of drug-likeness (QED) is 0.379. The van der Waals surface area contributed by atoms with E-state index >= 15 is 0 Å². The molecule has 6 heteroatoms. The number of methoxy groups -OCH3 is 1. The molecule has 134 valence electrons. The standard InChI is InChI=1S/C18H27BrN2O3/c1-18(2,17(23)24-4)11-6-5-10-15(16(22)21-20-3)13-8-7-9-14(19)12-13/h7-9,12,15,20H,5-6,10-11H2,1-4H3,(H,21,22). The highest BCUT2D eigenvalue weighted by Crippen LogP contribution is 2.29. The average molecular weight is 399 g/mol. The normalized spacial score (nSPS) is 12.5. The number of carbonyl (C=O) groups excluding carboxylic acids is 2. The Balaban J connectivity index is 2.67. The maximum absolute atomic E-state index is 12.3. The predicted molar refractivity (Wildman–Crippen MR) is 98.4 cm³/mol. The van der Waals surface area contributed by atoms with Crippen LogP contribution in [0.4, 0.5) is 0 Å². The average Bonchev–Trinajstić information content (AvgIpc) is 2.54. The zero-order valence-corrected chi connectivity index (χ0v) is 16.4. The van der Waals surface area contributed by atoms with Gasteiger partial charge in [-0.15, -0.1) is 0 Å². The van der Waals surface area contributed by atoms with Gasteiger partial charge in [0.05, 0.1) is 18.4 Å². The van der Waals surface area contributed by atoms with Crippen LogP contribution in [-0.4, -0.2) is 26.0 Å². The Hall–Kier alpha value is -1.40. The molecular weight excluding hydrogens is 372 g/mol. The van der Waals surface area contributed by atoms with Gasteiger partial charge < -0.3 is 4.74 Å². The van der Waals surface area contributed by atoms with E-state index in [1.807, 2.05) is 38.1 Å². The van der Waals surface area contributed by atoms with Gasteiger partial charge in [0.15, 0.2) is 0 Å². The molecule has 1 amide bonds. The van der Waals surface area contributed by atoms with E-state index in [9.17, 15) is 9.59 Å². The number of nitrogens with one attached hydrogen (secondary N) is 2. The lowest BCUT2D eigenvalue weighted by Gasteiger charge is -2.22. The number of benzene rings is 1. The van der Waals surface area contributed by atoms with Gasteiger partial charge in [-0.05, 0) is 44.4 Å². The summed E-state index contributed by atoms with van der Waals surface area (Å²) in [6, 6.07) is 7.80. The first-order valence-corrected chi connectivity index (χ1v) is 8.91. The number of carbonyl (C=O) groups is 2. The number of hydrogen-bond donors (Lipinski definition) is 2. The summed E-state index contributed by atoms with van der Waals surface area (Å²) in [5.41, 5.74) is 5.85. The Morgan fingerprint density at radius 1 is 1.29 bits per heavy atom. The fraction of sp³-hybridized carbons (Fsp3) is 0.556. The summed E-state index contributed by atoms with van der Waals surface area (Å²) in [5, 5.41) is 0. The van der Waals surface area contributed by atoms with E-state index in [-0.39, 0.29) is 17.8 Å². The number of ether oxygens (including phenoxy) is 1. The topological polar surface area (TPSA) is 67.4 Å². The van der Waals surface area contributed by atoms with Crippen LogP contribution in [0.5, 0.6) is 0 Å². The highest BCUT2D eigenvalue weighted by atomic mass is 79.9. The number of halogens is 1. The summed E-state index contributed by atoms with van der Waals surface area (Å²) < 4.78 is 5.78. The molecule has 1 unspecified atom stereocenters. The molecule has 1 aromatic carbocycles. The first-order chi connectivity index (χ1) is 11.3. The molecule has 24 heavy (non-hydrogen) atoms. The van der Waals surface area contributed by atoms with Gasteiger partial charge >= 0.3 is 5.97 Å². The lowest BCUT2D eigenvalue weighted by atomic mass is 9.85. The largest absolute Gasteiger partial charge is 0.469 e. The molecule has 0 heterocycles. The molecule has 0 aliphatic carbocycles. The number of rotatable bonds is 9. The second kappa shape index (κ2) is 9.79. The first kappa shape index (κ1) is 20.6. The van der Waals surface area contributed by atoms with E-state index in [2.05, 4.69) is 26.8 Å². The summed E-state index contributed by atoms with van der Waals surface area (Å²) >= 11 is 3.45. The molecule has 1 aromatic rings. The van der Waals surface area contributed by atoms with Crippen molar-refractivity contribution in [3.63, 3.8) is 0 Å². The fourth-order valence-corrected chi connectivity index (χ4v) is 3.09. The molecular formula is C18H27BrN2O3. The van der Waals surface area contributed by atoms with Crippen LogP contribution in [0.1, 0.15) is 51.0 Å². The van der Waals surface area contributed by atoms with Crippen LogP contribution in [0.2, 0.25) is 0 Å². The van der Waals surface area contributed by atoms with Gasteiger partial charge in [-0.3, -0.25) is 15.0 Å². The molecule has 1 rings (SSSR count). The second-order valence-corrected chi connectivity index (χ2v) is 7.38. The highest BCUT2D eigenvalue weighted by molar-refractivity contribution is 9.10. The Labute approximate surface area is 152 Å². The predicted octanol–water partition coefficient (Wildman–Crippen LogP) is 3.54. The molecule has 0 bridgehead atoms. The van der Waals surface area contributed by atoms with Gasteiger partial charge in [0, 0.05) is 11.5 Å². The number of esters is 1. The molecule has 0 fully saturated rings. The van der Waals surface area contributed by atoms with Gasteiger partial charge in [0.1, 0.15) is 0 Å². The number of hydrogen-bond acceptors (Lipinski definition) is 4. The van der Waals surface area contributed by atoms with E-state index in [4.69, 9.17) is 4.74 Å². The Morgan fingerprint density at radius 2 is 2.00 bits per heavy atom. The van der Waals surface area contributed by atoms with Crippen LogP contribution in [-0.2, 0) is 14.3 Å². The van der Waals surface area contributed by atoms with Crippen LogP contribution in [0, 0.1) is 5.41 Å². The van der Waals surface area contributed by atoms with E-state index < -0.39 is 5.41 Å². The van der Waals surface area contributed by atoms with Crippen molar-refractivity contribution in [2.45, 2.75) is 45.4 Å². The maximum atomic E-state index is 12.3. The minimum absolute atomic E-state index is 0.0529. The summed E-state index contributed by atoms with van der Waals surface area (Å²) in [6.45, 7) is 3.77. The zero-order chi connectivity index (χ0) is 18.2. The van der Waals surface area contributed by atoms with Crippen LogP contribution >= 0.6 is 15.9 Å². The zero-order valence-electron chi connectivity index (χ0n) is 14.8. The number of amides is 1. The van der Waals surface area contributed by atoms with Gasteiger partial charge in [0.2, 0.25) is 5.91 Å². The molecule has 0 saturated heterocycles. The van der Waals surface area contributed by atoms with Crippen molar-refractivity contribution in [2.75, 3.05) is 14.2 Å².